The quantitative estimate of drug-likeness (QED) is 0.631. The zero-order valence-corrected chi connectivity index (χ0v) is 14.4. The lowest BCUT2D eigenvalue weighted by molar-refractivity contribution is -0.914. The van der Waals surface area contributed by atoms with Crippen LogP contribution in [0, 0.1) is 10.1 Å². The number of hydrazone groups is 1. The molecule has 134 valence electrons. The number of likely N-dealkylation sites (tertiary alicyclic amines) is 1. The number of non-ortho nitro benzene ring substituents is 1. The fourth-order valence-corrected chi connectivity index (χ4v) is 2.99. The highest BCUT2D eigenvalue weighted by Gasteiger charge is 2.19. The van der Waals surface area contributed by atoms with E-state index in [1.54, 1.807) is 0 Å². The Morgan fingerprint density at radius 2 is 1.73 bits per heavy atom. The lowest BCUT2D eigenvalue weighted by Crippen LogP contribution is -3.11. The fraction of sp³-hybridized carbons (Fsp3) is 0.263. The lowest BCUT2D eigenvalue weighted by Gasteiger charge is -2.24. The summed E-state index contributed by atoms with van der Waals surface area (Å²) < 4.78 is 0. The van der Waals surface area contributed by atoms with Crippen molar-refractivity contribution < 1.29 is 14.6 Å². The summed E-state index contributed by atoms with van der Waals surface area (Å²) in [7, 11) is 0. The van der Waals surface area contributed by atoms with Gasteiger partial charge in [-0.05, 0) is 12.1 Å². The molecule has 1 aliphatic rings. The van der Waals surface area contributed by atoms with Crippen LogP contribution >= 0.6 is 0 Å². The van der Waals surface area contributed by atoms with Crippen LogP contribution in [0.1, 0.15) is 28.8 Å². The molecule has 1 fully saturated rings. The largest absolute Gasteiger partial charge is 0.331 e. The first-order valence-electron chi connectivity index (χ1n) is 8.59. The van der Waals surface area contributed by atoms with Gasteiger partial charge in [0.05, 0.1) is 18.0 Å². The van der Waals surface area contributed by atoms with Gasteiger partial charge in [0, 0.05) is 41.8 Å². The maximum atomic E-state index is 12.1. The number of nitrogens with zero attached hydrogens (tertiary/aromatic N) is 2. The van der Waals surface area contributed by atoms with Gasteiger partial charge in [0.1, 0.15) is 6.54 Å². The minimum absolute atomic E-state index is 0.0402. The summed E-state index contributed by atoms with van der Waals surface area (Å²) in [5, 5.41) is 14.9. The minimum atomic E-state index is -0.493. The number of benzene rings is 2. The monoisotopic (exact) mass is 353 g/mol. The van der Waals surface area contributed by atoms with Gasteiger partial charge in [-0.2, -0.15) is 5.10 Å². The number of rotatable bonds is 5. The van der Waals surface area contributed by atoms with Gasteiger partial charge in [0.15, 0.2) is 0 Å². The van der Waals surface area contributed by atoms with Crippen molar-refractivity contribution in [1.82, 2.24) is 5.43 Å². The first-order chi connectivity index (χ1) is 12.6. The summed E-state index contributed by atoms with van der Waals surface area (Å²) in [4.78, 5) is 23.7. The topological polar surface area (TPSA) is 89.0 Å². The average molecular weight is 353 g/mol. The van der Waals surface area contributed by atoms with Crippen LogP contribution in [-0.4, -0.2) is 29.6 Å². The van der Waals surface area contributed by atoms with Crippen molar-refractivity contribution in [3.8, 4) is 0 Å². The van der Waals surface area contributed by atoms with E-state index >= 15 is 0 Å². The number of amides is 1. The average Bonchev–Trinajstić information content (AvgIpc) is 2.68. The van der Waals surface area contributed by atoms with E-state index in [2.05, 4.69) is 34.8 Å². The van der Waals surface area contributed by atoms with E-state index in [1.165, 1.54) is 34.7 Å². The second-order valence-corrected chi connectivity index (χ2v) is 6.34. The fourth-order valence-electron chi connectivity index (χ4n) is 2.99. The maximum absolute atomic E-state index is 12.1. The Balaban J connectivity index is 1.49. The highest BCUT2D eigenvalue weighted by Crippen LogP contribution is 2.11. The molecular weight excluding hydrogens is 332 g/mol. The highest BCUT2D eigenvalue weighted by molar-refractivity contribution is 5.95. The van der Waals surface area contributed by atoms with Crippen LogP contribution in [-0.2, 0) is 6.54 Å². The molecule has 3 rings (SSSR count). The number of carbonyl (C=O) groups is 1. The van der Waals surface area contributed by atoms with Crippen molar-refractivity contribution in [1.29, 1.82) is 0 Å². The Kier molecular flexibility index (Phi) is 5.70. The molecule has 0 unspecified atom stereocenters. The Labute approximate surface area is 151 Å². The molecule has 1 heterocycles. The summed E-state index contributed by atoms with van der Waals surface area (Å²) in [6.07, 6.45) is 1.70. The second kappa shape index (κ2) is 8.35. The Hall–Kier alpha value is -3.06. The smallest absolute Gasteiger partial charge is 0.271 e. The van der Waals surface area contributed by atoms with Gasteiger partial charge in [-0.3, -0.25) is 14.9 Å². The van der Waals surface area contributed by atoms with Gasteiger partial charge in [0.2, 0.25) is 0 Å². The number of carbonyl (C=O) groups excluding carboxylic acids is 1. The van der Waals surface area contributed by atoms with Gasteiger partial charge in [-0.15, -0.1) is 0 Å². The molecule has 1 saturated heterocycles. The molecule has 0 aliphatic carbocycles. The van der Waals surface area contributed by atoms with Crippen LogP contribution < -0.4 is 10.3 Å². The van der Waals surface area contributed by atoms with E-state index in [1.807, 2.05) is 6.07 Å². The molecule has 7 heteroatoms. The van der Waals surface area contributed by atoms with Gasteiger partial charge in [-0.1, -0.05) is 30.3 Å². The maximum Gasteiger partial charge on any atom is 0.271 e. The predicted molar refractivity (Wildman–Crippen MR) is 98.1 cm³/mol. The van der Waals surface area contributed by atoms with Crippen LogP contribution in [0.3, 0.4) is 0 Å². The Morgan fingerprint density at radius 3 is 2.35 bits per heavy atom. The van der Waals surface area contributed by atoms with Crippen LogP contribution in [0.25, 0.3) is 0 Å². The van der Waals surface area contributed by atoms with E-state index in [-0.39, 0.29) is 11.6 Å². The normalized spacial score (nSPS) is 16.8. The molecule has 0 saturated carbocycles. The van der Waals surface area contributed by atoms with Crippen LogP contribution in [0.2, 0.25) is 0 Å². The third-order valence-electron chi connectivity index (χ3n) is 4.49. The Bertz CT molecular complexity index is 793. The number of piperidine rings is 1. The molecule has 0 aromatic heterocycles. The minimum Gasteiger partial charge on any atom is -0.331 e. The summed E-state index contributed by atoms with van der Waals surface area (Å²) in [6.45, 7) is 2.98. The molecule has 0 radical (unpaired) electrons. The molecule has 2 N–H and O–H groups in total. The first kappa shape index (κ1) is 17.8. The summed E-state index contributed by atoms with van der Waals surface area (Å²) in [6, 6.07) is 15.9. The molecule has 26 heavy (non-hydrogen) atoms. The molecule has 7 nitrogen and oxygen atoms in total. The molecule has 0 spiro atoms. The third kappa shape index (κ3) is 4.73. The van der Waals surface area contributed by atoms with Gasteiger partial charge in [-0.25, -0.2) is 5.43 Å². The van der Waals surface area contributed by atoms with Crippen LogP contribution in [0.4, 0.5) is 5.69 Å². The number of nitrogens with one attached hydrogen (secondary N) is 2. The molecule has 2 aromatic carbocycles. The number of hydrogen-bond acceptors (Lipinski definition) is 4. The van der Waals surface area contributed by atoms with Crippen molar-refractivity contribution in [2.45, 2.75) is 19.4 Å². The SMILES string of the molecule is O=C(NN=C1CC[NH+](Cc2ccccc2)CC1)c1ccc([N+](=O)[O-])cc1. The highest BCUT2D eigenvalue weighted by atomic mass is 16.6. The second-order valence-electron chi connectivity index (χ2n) is 6.34. The molecular formula is C19H21N4O3+. The lowest BCUT2D eigenvalue weighted by atomic mass is 10.1. The summed E-state index contributed by atoms with van der Waals surface area (Å²) in [5.41, 5.74) is 5.18. The van der Waals surface area contributed by atoms with Crippen molar-refractivity contribution >= 4 is 17.3 Å². The van der Waals surface area contributed by atoms with E-state index in [0.717, 1.165) is 38.2 Å². The van der Waals surface area contributed by atoms with E-state index in [4.69, 9.17) is 0 Å². The summed E-state index contributed by atoms with van der Waals surface area (Å²) in [5.74, 6) is -0.355. The van der Waals surface area contributed by atoms with E-state index in [0.29, 0.717) is 5.56 Å². The predicted octanol–water partition coefficient (Wildman–Crippen LogP) is 1.56. The zero-order chi connectivity index (χ0) is 18.4. The summed E-state index contributed by atoms with van der Waals surface area (Å²) >= 11 is 0. The standard InChI is InChI=1S/C19H20N4O3/c24-19(16-6-8-18(9-7-16)23(25)26)21-20-17-10-12-22(13-11-17)14-15-4-2-1-3-5-15/h1-9H,10-14H2,(H,21,24)/p+1. The van der Waals surface area contributed by atoms with Crippen molar-refractivity contribution in [2.24, 2.45) is 5.10 Å². The molecule has 2 aromatic rings. The Morgan fingerprint density at radius 1 is 1.08 bits per heavy atom. The number of quaternary nitrogens is 1. The molecule has 0 atom stereocenters. The number of nitro benzene ring substituents is 1. The van der Waals surface area contributed by atoms with Gasteiger partial charge < -0.3 is 4.90 Å². The van der Waals surface area contributed by atoms with Crippen LogP contribution in [0.15, 0.2) is 59.7 Å². The molecule has 1 amide bonds. The van der Waals surface area contributed by atoms with Gasteiger partial charge in [0.25, 0.3) is 11.6 Å². The van der Waals surface area contributed by atoms with Crippen LogP contribution in [0.5, 0.6) is 0 Å². The number of hydrogen-bond donors (Lipinski definition) is 2. The molecule has 1 aliphatic heterocycles. The number of nitro groups is 1. The van der Waals surface area contributed by atoms with Crippen molar-refractivity contribution in [2.75, 3.05) is 13.1 Å². The van der Waals surface area contributed by atoms with Crippen molar-refractivity contribution in [3.05, 3.63) is 75.8 Å². The van der Waals surface area contributed by atoms with Crippen molar-refractivity contribution in [3.63, 3.8) is 0 Å². The van der Waals surface area contributed by atoms with E-state index in [9.17, 15) is 14.9 Å². The van der Waals surface area contributed by atoms with Gasteiger partial charge >= 0.3 is 0 Å². The zero-order valence-electron chi connectivity index (χ0n) is 14.4. The molecule has 0 bridgehead atoms. The van der Waals surface area contributed by atoms with E-state index < -0.39 is 4.92 Å². The third-order valence-corrected chi connectivity index (χ3v) is 4.49. The first-order valence-corrected chi connectivity index (χ1v) is 8.59.